The zero-order valence-corrected chi connectivity index (χ0v) is 23.4. The Labute approximate surface area is 220 Å². The minimum absolute atomic E-state index is 0.0419. The summed E-state index contributed by atoms with van der Waals surface area (Å²) in [6.07, 6.45) is -0.717. The second-order valence-corrected chi connectivity index (χ2v) is 10.7. The van der Waals surface area contributed by atoms with Crippen molar-refractivity contribution < 1.29 is 19.1 Å². The van der Waals surface area contributed by atoms with Crippen LogP contribution in [0.4, 0.5) is 10.5 Å². The highest BCUT2D eigenvalue weighted by Crippen LogP contribution is 2.29. The van der Waals surface area contributed by atoms with Gasteiger partial charge < -0.3 is 20.3 Å². The summed E-state index contributed by atoms with van der Waals surface area (Å²) in [4.78, 5) is 41.6. The van der Waals surface area contributed by atoms with Gasteiger partial charge in [0.15, 0.2) is 0 Å². The molecule has 2 rings (SSSR count). The van der Waals surface area contributed by atoms with E-state index in [1.165, 1.54) is 4.90 Å². The molecule has 2 aromatic rings. The smallest absolute Gasteiger partial charge is 0.408 e. The van der Waals surface area contributed by atoms with Crippen molar-refractivity contribution in [1.82, 2.24) is 10.2 Å². The van der Waals surface area contributed by atoms with Gasteiger partial charge in [-0.1, -0.05) is 47.5 Å². The molecule has 3 amide bonds. The van der Waals surface area contributed by atoms with Gasteiger partial charge in [-0.3, -0.25) is 9.59 Å². The van der Waals surface area contributed by atoms with Gasteiger partial charge in [0.25, 0.3) is 5.91 Å². The van der Waals surface area contributed by atoms with E-state index in [9.17, 15) is 14.4 Å². The van der Waals surface area contributed by atoms with Crippen LogP contribution in [0, 0.1) is 20.8 Å². The number of nitrogens with zero attached hydrogens (tertiary/aromatic N) is 1. The van der Waals surface area contributed by atoms with E-state index in [4.69, 9.17) is 4.74 Å². The number of para-hydroxylation sites is 1. The fourth-order valence-electron chi connectivity index (χ4n) is 4.02. The quantitative estimate of drug-likeness (QED) is 0.415. The number of amides is 3. The number of aryl methyl sites for hydroxylation is 3. The summed E-state index contributed by atoms with van der Waals surface area (Å²) in [5, 5.41) is 5.63. The number of hydrogen-bond acceptors (Lipinski definition) is 5. The molecule has 2 aromatic carbocycles. The predicted molar refractivity (Wildman–Crippen MR) is 147 cm³/mol. The molecule has 0 saturated heterocycles. The number of thiol groups is 1. The maximum absolute atomic E-state index is 13.9. The molecule has 2 unspecified atom stereocenters. The van der Waals surface area contributed by atoms with Crippen LogP contribution in [0.15, 0.2) is 42.5 Å². The number of carbonyl (C=O) groups is 3. The van der Waals surface area contributed by atoms with Gasteiger partial charge in [0.2, 0.25) is 5.91 Å². The van der Waals surface area contributed by atoms with Crippen molar-refractivity contribution in [3.63, 3.8) is 0 Å². The van der Waals surface area contributed by atoms with Crippen molar-refractivity contribution >= 4 is 36.2 Å². The SMILES string of the molecule is Cc1cc(C)cc(C(C(=O)Nc2ccccc2C)N(C(=O)C(CS)NC(=O)OC(C)(C)C)C(C)C)c1. The van der Waals surface area contributed by atoms with E-state index in [1.54, 1.807) is 20.8 Å². The summed E-state index contributed by atoms with van der Waals surface area (Å²) in [6, 6.07) is 11.1. The fourth-order valence-corrected chi connectivity index (χ4v) is 4.26. The van der Waals surface area contributed by atoms with Crippen LogP contribution in [0.1, 0.15) is 62.9 Å². The van der Waals surface area contributed by atoms with Crippen LogP contribution in [-0.2, 0) is 14.3 Å². The third-order valence-corrected chi connectivity index (χ3v) is 5.84. The van der Waals surface area contributed by atoms with Crippen molar-refractivity contribution in [3.8, 4) is 0 Å². The topological polar surface area (TPSA) is 87.7 Å². The average Bonchev–Trinajstić information content (AvgIpc) is 2.74. The Bertz CT molecular complexity index is 1070. The Hall–Kier alpha value is -3.00. The van der Waals surface area contributed by atoms with Crippen LogP contribution in [0.2, 0.25) is 0 Å². The Morgan fingerprint density at radius 1 is 1.00 bits per heavy atom. The first kappa shape index (κ1) is 29.2. The molecular formula is C28H39N3O4S. The lowest BCUT2D eigenvalue weighted by Crippen LogP contribution is -2.55. The first-order valence-corrected chi connectivity index (χ1v) is 12.7. The normalized spacial score (nSPS) is 13.1. The Morgan fingerprint density at radius 2 is 1.58 bits per heavy atom. The number of benzene rings is 2. The lowest BCUT2D eigenvalue weighted by atomic mass is 9.97. The van der Waals surface area contributed by atoms with Crippen LogP contribution in [0.3, 0.4) is 0 Å². The van der Waals surface area contributed by atoms with Crippen molar-refractivity contribution in [1.29, 1.82) is 0 Å². The molecule has 2 N–H and O–H groups in total. The Kier molecular flexibility index (Phi) is 9.99. The molecular weight excluding hydrogens is 474 g/mol. The van der Waals surface area contributed by atoms with Crippen molar-refractivity contribution in [2.24, 2.45) is 0 Å². The van der Waals surface area contributed by atoms with Crippen LogP contribution >= 0.6 is 12.6 Å². The number of carbonyl (C=O) groups excluding carboxylic acids is 3. The van der Waals surface area contributed by atoms with E-state index in [0.29, 0.717) is 11.3 Å². The molecule has 7 nitrogen and oxygen atoms in total. The standard InChI is InChI=1S/C28H39N3O4S/c1-17(2)31(26(33)23(16-36)30-27(34)35-28(6,7)8)24(21-14-18(3)13-19(4)15-21)25(32)29-22-12-10-9-11-20(22)5/h9-15,17,23-24,36H,16H2,1-8H3,(H,29,32)(H,30,34). The fraction of sp³-hybridized carbons (Fsp3) is 0.464. The van der Waals surface area contributed by atoms with E-state index in [-0.39, 0.29) is 17.7 Å². The third-order valence-electron chi connectivity index (χ3n) is 5.47. The maximum Gasteiger partial charge on any atom is 0.408 e. The van der Waals surface area contributed by atoms with Crippen molar-refractivity contribution in [2.45, 2.75) is 79.1 Å². The summed E-state index contributed by atoms with van der Waals surface area (Å²) < 4.78 is 5.34. The lowest BCUT2D eigenvalue weighted by Gasteiger charge is -2.37. The number of hydrogen-bond donors (Lipinski definition) is 3. The molecule has 0 aromatic heterocycles. The summed E-state index contributed by atoms with van der Waals surface area (Å²) in [5.74, 6) is -0.721. The van der Waals surface area contributed by atoms with E-state index in [1.807, 2.05) is 77.1 Å². The first-order chi connectivity index (χ1) is 16.7. The molecule has 196 valence electrons. The largest absolute Gasteiger partial charge is 0.444 e. The van der Waals surface area contributed by atoms with Gasteiger partial charge >= 0.3 is 6.09 Å². The van der Waals surface area contributed by atoms with Crippen LogP contribution < -0.4 is 10.6 Å². The van der Waals surface area contributed by atoms with E-state index in [2.05, 4.69) is 23.3 Å². The Morgan fingerprint density at radius 3 is 2.08 bits per heavy atom. The predicted octanol–water partition coefficient (Wildman–Crippen LogP) is 5.35. The van der Waals surface area contributed by atoms with Gasteiger partial charge in [-0.25, -0.2) is 4.79 Å². The molecule has 36 heavy (non-hydrogen) atoms. The molecule has 0 heterocycles. The number of rotatable bonds is 8. The van der Waals surface area contributed by atoms with Crippen molar-refractivity contribution in [3.05, 3.63) is 64.7 Å². The summed E-state index contributed by atoms with van der Waals surface area (Å²) in [5.41, 5.74) is 3.51. The zero-order valence-electron chi connectivity index (χ0n) is 22.5. The van der Waals surface area contributed by atoms with Gasteiger partial charge in [-0.2, -0.15) is 12.6 Å². The molecule has 2 atom stereocenters. The molecule has 0 saturated carbocycles. The second kappa shape index (κ2) is 12.3. The van der Waals surface area contributed by atoms with Gasteiger partial charge in [-0.05, 0) is 72.6 Å². The molecule has 0 aliphatic heterocycles. The van der Waals surface area contributed by atoms with Crippen LogP contribution in [-0.4, -0.2) is 46.2 Å². The van der Waals surface area contributed by atoms with Gasteiger partial charge in [-0.15, -0.1) is 0 Å². The van der Waals surface area contributed by atoms with E-state index in [0.717, 1.165) is 16.7 Å². The summed E-state index contributed by atoms with van der Waals surface area (Å²) >= 11 is 4.32. The lowest BCUT2D eigenvalue weighted by molar-refractivity contribution is -0.142. The average molecular weight is 514 g/mol. The maximum atomic E-state index is 13.9. The Balaban J connectivity index is 2.52. The number of nitrogens with one attached hydrogen (secondary N) is 2. The number of ether oxygens (including phenoxy) is 1. The van der Waals surface area contributed by atoms with Gasteiger partial charge in [0.05, 0.1) is 0 Å². The molecule has 0 aliphatic carbocycles. The molecule has 0 radical (unpaired) electrons. The van der Waals surface area contributed by atoms with E-state index < -0.39 is 29.7 Å². The van der Waals surface area contributed by atoms with Crippen molar-refractivity contribution in [2.75, 3.05) is 11.1 Å². The molecule has 0 spiro atoms. The number of anilines is 1. The molecule has 8 heteroatoms. The molecule has 0 bridgehead atoms. The highest BCUT2D eigenvalue weighted by molar-refractivity contribution is 7.80. The second-order valence-electron chi connectivity index (χ2n) is 10.3. The third kappa shape index (κ3) is 8.01. The molecule has 0 aliphatic rings. The van der Waals surface area contributed by atoms with Crippen LogP contribution in [0.5, 0.6) is 0 Å². The monoisotopic (exact) mass is 513 g/mol. The van der Waals surface area contributed by atoms with E-state index >= 15 is 0 Å². The highest BCUT2D eigenvalue weighted by atomic mass is 32.1. The number of alkyl carbamates (subject to hydrolysis) is 1. The molecule has 0 fully saturated rings. The van der Waals surface area contributed by atoms with Crippen LogP contribution in [0.25, 0.3) is 0 Å². The van der Waals surface area contributed by atoms with Gasteiger partial charge in [0.1, 0.15) is 17.7 Å². The zero-order chi connectivity index (χ0) is 27.2. The highest BCUT2D eigenvalue weighted by Gasteiger charge is 2.37. The summed E-state index contributed by atoms with van der Waals surface area (Å²) in [7, 11) is 0. The minimum Gasteiger partial charge on any atom is -0.444 e. The summed E-state index contributed by atoms with van der Waals surface area (Å²) in [6.45, 7) is 14.7. The van der Waals surface area contributed by atoms with Gasteiger partial charge in [0, 0.05) is 17.5 Å². The first-order valence-electron chi connectivity index (χ1n) is 12.1. The minimum atomic E-state index is -0.981.